The first kappa shape index (κ1) is 11.8. The van der Waals surface area contributed by atoms with Gasteiger partial charge in [-0.25, -0.2) is 0 Å². The topological polar surface area (TPSA) is 50.8 Å². The lowest BCUT2D eigenvalue weighted by Crippen LogP contribution is -2.54. The smallest absolute Gasteiger partial charge is 0.242 e. The number of ether oxygens (including phenoxy) is 2. The van der Waals surface area contributed by atoms with Crippen LogP contribution in [0.15, 0.2) is 0 Å². The predicted molar refractivity (Wildman–Crippen MR) is 59.2 cm³/mol. The summed E-state index contributed by atoms with van der Waals surface area (Å²) < 4.78 is 10.8. The van der Waals surface area contributed by atoms with E-state index in [4.69, 9.17) is 9.47 Å². The monoisotopic (exact) mass is 228 g/mol. The molecule has 92 valence electrons. The Morgan fingerprint density at radius 3 is 2.81 bits per heavy atom. The third-order valence-electron chi connectivity index (χ3n) is 3.40. The van der Waals surface area contributed by atoms with Gasteiger partial charge in [-0.3, -0.25) is 4.79 Å². The molecule has 5 heteroatoms. The molecular formula is C11H20N2O3. The van der Waals surface area contributed by atoms with Gasteiger partial charge in [0.1, 0.15) is 6.04 Å². The first-order chi connectivity index (χ1) is 7.70. The average molecular weight is 228 g/mol. The average Bonchev–Trinajstić information content (AvgIpc) is 2.75. The molecule has 0 bridgehead atoms. The molecule has 2 aliphatic heterocycles. The lowest BCUT2D eigenvalue weighted by atomic mass is 10.1. The van der Waals surface area contributed by atoms with E-state index in [2.05, 4.69) is 5.32 Å². The van der Waals surface area contributed by atoms with Gasteiger partial charge in [-0.15, -0.1) is 0 Å². The van der Waals surface area contributed by atoms with E-state index < -0.39 is 0 Å². The minimum absolute atomic E-state index is 0.113. The zero-order valence-electron chi connectivity index (χ0n) is 9.94. The van der Waals surface area contributed by atoms with E-state index in [1.165, 1.54) is 0 Å². The largest absolute Gasteiger partial charge is 0.378 e. The molecule has 2 rings (SSSR count). The quantitative estimate of drug-likeness (QED) is 0.699. The standard InChI is InChI=1S/C11H20N2O3/c1-8-10(3-5-16-8)13(2)11(14)9-7-15-6-4-12-9/h8-10,12H,3-7H2,1-2H3. The summed E-state index contributed by atoms with van der Waals surface area (Å²) in [6.07, 6.45) is 1.07. The number of rotatable bonds is 2. The van der Waals surface area contributed by atoms with Crippen LogP contribution in [0.3, 0.4) is 0 Å². The van der Waals surface area contributed by atoms with E-state index in [0.29, 0.717) is 13.2 Å². The van der Waals surface area contributed by atoms with E-state index >= 15 is 0 Å². The van der Waals surface area contributed by atoms with Gasteiger partial charge in [0.25, 0.3) is 0 Å². The molecule has 2 heterocycles. The van der Waals surface area contributed by atoms with Gasteiger partial charge >= 0.3 is 0 Å². The number of nitrogens with zero attached hydrogens (tertiary/aromatic N) is 1. The third kappa shape index (κ3) is 2.36. The van der Waals surface area contributed by atoms with Gasteiger partial charge in [-0.2, -0.15) is 0 Å². The zero-order chi connectivity index (χ0) is 11.5. The van der Waals surface area contributed by atoms with Crippen molar-refractivity contribution in [2.45, 2.75) is 31.5 Å². The normalized spacial score (nSPS) is 35.0. The number of amides is 1. The highest BCUT2D eigenvalue weighted by atomic mass is 16.5. The molecule has 0 aromatic rings. The van der Waals surface area contributed by atoms with Crippen molar-refractivity contribution in [3.63, 3.8) is 0 Å². The van der Waals surface area contributed by atoms with Crippen molar-refractivity contribution in [1.82, 2.24) is 10.2 Å². The van der Waals surface area contributed by atoms with Gasteiger partial charge < -0.3 is 19.7 Å². The molecule has 2 aliphatic rings. The van der Waals surface area contributed by atoms with E-state index in [-0.39, 0.29) is 24.1 Å². The predicted octanol–water partition coefficient (Wildman–Crippen LogP) is -0.389. The van der Waals surface area contributed by atoms with Crippen LogP contribution in [0.2, 0.25) is 0 Å². The van der Waals surface area contributed by atoms with Crippen LogP contribution in [0.5, 0.6) is 0 Å². The van der Waals surface area contributed by atoms with Crippen molar-refractivity contribution in [2.24, 2.45) is 0 Å². The second kappa shape index (κ2) is 5.12. The fourth-order valence-electron chi connectivity index (χ4n) is 2.36. The molecule has 1 amide bonds. The summed E-state index contributed by atoms with van der Waals surface area (Å²) in [5, 5.41) is 3.18. The van der Waals surface area contributed by atoms with Crippen LogP contribution in [0.25, 0.3) is 0 Å². The molecule has 1 N–H and O–H groups in total. The second-order valence-corrected chi connectivity index (χ2v) is 4.46. The Labute approximate surface area is 96.1 Å². The van der Waals surface area contributed by atoms with Gasteiger partial charge in [0.15, 0.2) is 0 Å². The summed E-state index contributed by atoms with van der Waals surface area (Å²) in [5.41, 5.74) is 0. The van der Waals surface area contributed by atoms with Crippen LogP contribution in [-0.4, -0.2) is 62.4 Å². The van der Waals surface area contributed by atoms with Gasteiger partial charge in [0.05, 0.1) is 25.4 Å². The van der Waals surface area contributed by atoms with Crippen molar-refractivity contribution < 1.29 is 14.3 Å². The lowest BCUT2D eigenvalue weighted by molar-refractivity contribution is -0.138. The Balaban J connectivity index is 1.92. The van der Waals surface area contributed by atoms with Crippen molar-refractivity contribution in [1.29, 1.82) is 0 Å². The minimum atomic E-state index is -0.188. The summed E-state index contributed by atoms with van der Waals surface area (Å²) in [6.45, 7) is 4.69. The molecular weight excluding hydrogens is 208 g/mol. The van der Waals surface area contributed by atoms with Crippen LogP contribution >= 0.6 is 0 Å². The van der Waals surface area contributed by atoms with Gasteiger partial charge in [0, 0.05) is 20.2 Å². The lowest BCUT2D eigenvalue weighted by Gasteiger charge is -2.32. The SMILES string of the molecule is CC1OCCC1N(C)C(=O)C1COCCN1. The molecule has 0 aromatic carbocycles. The zero-order valence-corrected chi connectivity index (χ0v) is 9.94. The molecule has 0 spiro atoms. The van der Waals surface area contributed by atoms with Crippen LogP contribution in [-0.2, 0) is 14.3 Å². The molecule has 0 aromatic heterocycles. The van der Waals surface area contributed by atoms with Crippen molar-refractivity contribution in [3.8, 4) is 0 Å². The molecule has 3 atom stereocenters. The van der Waals surface area contributed by atoms with Crippen molar-refractivity contribution >= 4 is 5.91 Å². The molecule has 2 fully saturated rings. The summed E-state index contributed by atoms with van der Waals surface area (Å²) in [7, 11) is 1.86. The molecule has 16 heavy (non-hydrogen) atoms. The molecule has 0 radical (unpaired) electrons. The highest BCUT2D eigenvalue weighted by molar-refractivity contribution is 5.82. The van der Waals surface area contributed by atoms with E-state index in [9.17, 15) is 4.79 Å². The Hall–Kier alpha value is -0.650. The maximum Gasteiger partial charge on any atom is 0.242 e. The number of morpholine rings is 1. The molecule has 2 saturated heterocycles. The van der Waals surface area contributed by atoms with Crippen molar-refractivity contribution in [2.75, 3.05) is 33.4 Å². The Morgan fingerprint density at radius 2 is 2.25 bits per heavy atom. The second-order valence-electron chi connectivity index (χ2n) is 4.46. The molecule has 5 nitrogen and oxygen atoms in total. The first-order valence-corrected chi connectivity index (χ1v) is 5.89. The minimum Gasteiger partial charge on any atom is -0.378 e. The van der Waals surface area contributed by atoms with Gasteiger partial charge in [0.2, 0.25) is 5.91 Å². The Morgan fingerprint density at radius 1 is 1.44 bits per heavy atom. The van der Waals surface area contributed by atoms with E-state index in [0.717, 1.165) is 19.6 Å². The number of likely N-dealkylation sites (N-methyl/N-ethyl adjacent to an activating group) is 1. The van der Waals surface area contributed by atoms with Crippen LogP contribution in [0, 0.1) is 0 Å². The van der Waals surface area contributed by atoms with Crippen molar-refractivity contribution in [3.05, 3.63) is 0 Å². The third-order valence-corrected chi connectivity index (χ3v) is 3.40. The number of hydrogen-bond acceptors (Lipinski definition) is 4. The maximum absolute atomic E-state index is 12.2. The number of carbonyl (C=O) groups is 1. The first-order valence-electron chi connectivity index (χ1n) is 5.89. The Bertz CT molecular complexity index is 254. The molecule has 0 aliphatic carbocycles. The number of nitrogens with one attached hydrogen (secondary N) is 1. The fraction of sp³-hybridized carbons (Fsp3) is 0.909. The summed E-state index contributed by atoms with van der Waals surface area (Å²) in [4.78, 5) is 14.0. The number of carbonyl (C=O) groups excluding carboxylic acids is 1. The van der Waals surface area contributed by atoms with E-state index in [1.807, 2.05) is 18.9 Å². The summed E-state index contributed by atoms with van der Waals surface area (Å²) in [5.74, 6) is 0.113. The summed E-state index contributed by atoms with van der Waals surface area (Å²) >= 11 is 0. The highest BCUT2D eigenvalue weighted by Crippen LogP contribution is 2.19. The molecule has 3 unspecified atom stereocenters. The molecule has 0 saturated carbocycles. The number of hydrogen-bond donors (Lipinski definition) is 1. The van der Waals surface area contributed by atoms with Crippen LogP contribution in [0.1, 0.15) is 13.3 Å². The van der Waals surface area contributed by atoms with Crippen LogP contribution < -0.4 is 5.32 Å². The Kier molecular flexibility index (Phi) is 3.78. The van der Waals surface area contributed by atoms with Crippen LogP contribution in [0.4, 0.5) is 0 Å². The summed E-state index contributed by atoms with van der Waals surface area (Å²) in [6, 6.07) is 0.0165. The maximum atomic E-state index is 12.2. The van der Waals surface area contributed by atoms with Gasteiger partial charge in [-0.1, -0.05) is 0 Å². The van der Waals surface area contributed by atoms with Gasteiger partial charge in [-0.05, 0) is 13.3 Å². The highest BCUT2D eigenvalue weighted by Gasteiger charge is 2.34. The fourth-order valence-corrected chi connectivity index (χ4v) is 2.36. The van der Waals surface area contributed by atoms with E-state index in [1.54, 1.807) is 0 Å².